The zero-order chi connectivity index (χ0) is 9.84. The van der Waals surface area contributed by atoms with E-state index in [1.807, 2.05) is 13.0 Å². The highest BCUT2D eigenvalue weighted by molar-refractivity contribution is 9.10. The van der Waals surface area contributed by atoms with Gasteiger partial charge in [-0.1, -0.05) is 31.9 Å². The molecule has 1 rings (SSSR count). The molecule has 0 aliphatic rings. The van der Waals surface area contributed by atoms with Gasteiger partial charge in [0.1, 0.15) is 0 Å². The van der Waals surface area contributed by atoms with Gasteiger partial charge in [0, 0.05) is 15.4 Å². The summed E-state index contributed by atoms with van der Waals surface area (Å²) in [6.07, 6.45) is 0. The second-order valence-electron chi connectivity index (χ2n) is 2.44. The van der Waals surface area contributed by atoms with Crippen LogP contribution in [0.4, 0.5) is 4.39 Å². The molecule has 0 aliphatic carbocycles. The van der Waals surface area contributed by atoms with E-state index in [1.54, 1.807) is 0 Å². The van der Waals surface area contributed by atoms with Gasteiger partial charge in [0.15, 0.2) is 11.6 Å². The summed E-state index contributed by atoms with van der Waals surface area (Å²) in [6.45, 7) is 2.30. The molecule has 1 aromatic rings. The number of ether oxygens (including phenoxy) is 1. The number of hydrogen-bond acceptors (Lipinski definition) is 1. The Kier molecular flexibility index (Phi) is 4.19. The average molecular weight is 312 g/mol. The first-order valence-corrected chi connectivity index (χ1v) is 5.77. The highest BCUT2D eigenvalue weighted by Gasteiger charge is 2.09. The molecule has 1 nitrogen and oxygen atoms in total. The second kappa shape index (κ2) is 4.96. The van der Waals surface area contributed by atoms with Gasteiger partial charge in [-0.15, -0.1) is 0 Å². The van der Waals surface area contributed by atoms with Crippen molar-refractivity contribution in [3.63, 3.8) is 0 Å². The Hall–Kier alpha value is -0.0900. The van der Waals surface area contributed by atoms with Crippen LogP contribution in [-0.2, 0) is 5.33 Å². The molecule has 0 saturated heterocycles. The third kappa shape index (κ3) is 2.68. The molecule has 0 saturated carbocycles. The fourth-order valence-electron chi connectivity index (χ4n) is 1.02. The predicted molar refractivity (Wildman–Crippen MR) is 57.9 cm³/mol. The minimum absolute atomic E-state index is 0.328. The van der Waals surface area contributed by atoms with Gasteiger partial charge in [-0.3, -0.25) is 0 Å². The topological polar surface area (TPSA) is 9.23 Å². The maximum Gasteiger partial charge on any atom is 0.166 e. The molecular formula is C9H9Br2FO. The van der Waals surface area contributed by atoms with Crippen LogP contribution in [0, 0.1) is 5.82 Å². The van der Waals surface area contributed by atoms with Crippen LogP contribution in [0.1, 0.15) is 12.5 Å². The molecule has 72 valence electrons. The smallest absolute Gasteiger partial charge is 0.166 e. The van der Waals surface area contributed by atoms with Crippen LogP contribution in [0.25, 0.3) is 0 Å². The molecule has 0 amide bonds. The van der Waals surface area contributed by atoms with Crippen LogP contribution >= 0.6 is 31.9 Å². The van der Waals surface area contributed by atoms with Crippen LogP contribution in [0.5, 0.6) is 5.75 Å². The van der Waals surface area contributed by atoms with E-state index in [0.717, 1.165) is 10.0 Å². The molecule has 0 N–H and O–H groups in total. The van der Waals surface area contributed by atoms with E-state index in [-0.39, 0.29) is 5.82 Å². The Balaban J connectivity index is 3.13. The van der Waals surface area contributed by atoms with E-state index in [1.165, 1.54) is 6.07 Å². The number of hydrogen-bond donors (Lipinski definition) is 0. The summed E-state index contributed by atoms with van der Waals surface area (Å²) in [4.78, 5) is 0. The first-order chi connectivity index (χ1) is 6.19. The molecule has 1 aromatic carbocycles. The summed E-state index contributed by atoms with van der Waals surface area (Å²) < 4.78 is 19.2. The zero-order valence-corrected chi connectivity index (χ0v) is 10.3. The van der Waals surface area contributed by atoms with Gasteiger partial charge in [-0.2, -0.15) is 0 Å². The number of halogens is 3. The lowest BCUT2D eigenvalue weighted by molar-refractivity contribution is 0.319. The minimum atomic E-state index is -0.328. The molecule has 0 bridgehead atoms. The van der Waals surface area contributed by atoms with Crippen LogP contribution in [0.2, 0.25) is 0 Å². The van der Waals surface area contributed by atoms with Crippen LogP contribution in [-0.4, -0.2) is 6.61 Å². The summed E-state index contributed by atoms with van der Waals surface area (Å²) in [5.41, 5.74) is 0.814. The monoisotopic (exact) mass is 310 g/mol. The first-order valence-electron chi connectivity index (χ1n) is 3.85. The van der Waals surface area contributed by atoms with E-state index >= 15 is 0 Å². The molecule has 0 unspecified atom stereocenters. The van der Waals surface area contributed by atoms with Gasteiger partial charge < -0.3 is 4.74 Å². The first kappa shape index (κ1) is 11.0. The number of rotatable bonds is 3. The van der Waals surface area contributed by atoms with Crippen molar-refractivity contribution in [2.24, 2.45) is 0 Å². The molecule has 13 heavy (non-hydrogen) atoms. The Morgan fingerprint density at radius 2 is 2.15 bits per heavy atom. The quantitative estimate of drug-likeness (QED) is 0.770. The molecule has 0 spiro atoms. The van der Waals surface area contributed by atoms with Crippen molar-refractivity contribution in [3.8, 4) is 5.75 Å². The van der Waals surface area contributed by atoms with Gasteiger partial charge in [0.05, 0.1) is 6.61 Å². The second-order valence-corrected chi connectivity index (χ2v) is 3.92. The molecular weight excluding hydrogens is 303 g/mol. The third-order valence-corrected chi connectivity index (χ3v) is 2.58. The van der Waals surface area contributed by atoms with E-state index in [0.29, 0.717) is 17.7 Å². The molecule has 0 fully saturated rings. The van der Waals surface area contributed by atoms with Gasteiger partial charge >= 0.3 is 0 Å². The Morgan fingerprint density at radius 1 is 1.46 bits per heavy atom. The van der Waals surface area contributed by atoms with Crippen molar-refractivity contribution in [2.75, 3.05) is 6.61 Å². The minimum Gasteiger partial charge on any atom is -0.490 e. The van der Waals surface area contributed by atoms with E-state index in [2.05, 4.69) is 31.9 Å². The highest BCUT2D eigenvalue weighted by atomic mass is 79.9. The van der Waals surface area contributed by atoms with Crippen molar-refractivity contribution < 1.29 is 9.13 Å². The Morgan fingerprint density at radius 3 is 2.69 bits per heavy atom. The molecule has 0 radical (unpaired) electrons. The molecule has 0 aromatic heterocycles. The summed E-state index contributed by atoms with van der Waals surface area (Å²) in [5, 5.41) is 0.582. The standard InChI is InChI=1S/C9H9Br2FO/c1-2-13-9-6(5-10)3-7(11)4-8(9)12/h3-4H,2,5H2,1H3. The summed E-state index contributed by atoms with van der Waals surface area (Å²) >= 11 is 6.50. The molecule has 0 atom stereocenters. The molecule has 0 heterocycles. The van der Waals surface area contributed by atoms with E-state index < -0.39 is 0 Å². The van der Waals surface area contributed by atoms with Crippen LogP contribution in [0.15, 0.2) is 16.6 Å². The van der Waals surface area contributed by atoms with E-state index in [9.17, 15) is 4.39 Å². The lowest BCUT2D eigenvalue weighted by atomic mass is 10.2. The largest absolute Gasteiger partial charge is 0.490 e. The average Bonchev–Trinajstić information content (AvgIpc) is 2.09. The normalized spacial score (nSPS) is 10.2. The van der Waals surface area contributed by atoms with Gasteiger partial charge in [-0.05, 0) is 19.1 Å². The summed E-state index contributed by atoms with van der Waals surface area (Å²) in [5.74, 6) is 0.00764. The summed E-state index contributed by atoms with van der Waals surface area (Å²) in [7, 11) is 0. The van der Waals surface area contributed by atoms with Gasteiger partial charge in [0.25, 0.3) is 0 Å². The van der Waals surface area contributed by atoms with Crippen molar-refractivity contribution in [2.45, 2.75) is 12.3 Å². The van der Waals surface area contributed by atoms with Gasteiger partial charge in [-0.25, -0.2) is 4.39 Å². The number of benzene rings is 1. The zero-order valence-electron chi connectivity index (χ0n) is 7.11. The van der Waals surface area contributed by atoms with Crippen molar-refractivity contribution in [3.05, 3.63) is 28.0 Å². The van der Waals surface area contributed by atoms with E-state index in [4.69, 9.17) is 4.74 Å². The van der Waals surface area contributed by atoms with Crippen LogP contribution < -0.4 is 4.74 Å². The maximum absolute atomic E-state index is 13.3. The predicted octanol–water partition coefficient (Wildman–Crippen LogP) is 3.88. The SMILES string of the molecule is CCOc1c(F)cc(Br)cc1CBr. The summed E-state index contributed by atoms with van der Waals surface area (Å²) in [6, 6.07) is 3.24. The number of alkyl halides is 1. The highest BCUT2D eigenvalue weighted by Crippen LogP contribution is 2.28. The lowest BCUT2D eigenvalue weighted by Gasteiger charge is -2.09. The van der Waals surface area contributed by atoms with Crippen molar-refractivity contribution in [1.82, 2.24) is 0 Å². The van der Waals surface area contributed by atoms with Crippen molar-refractivity contribution in [1.29, 1.82) is 0 Å². The third-order valence-electron chi connectivity index (χ3n) is 1.52. The van der Waals surface area contributed by atoms with Gasteiger partial charge in [0.2, 0.25) is 0 Å². The fourth-order valence-corrected chi connectivity index (χ4v) is 1.91. The van der Waals surface area contributed by atoms with Crippen LogP contribution in [0.3, 0.4) is 0 Å². The van der Waals surface area contributed by atoms with Crippen molar-refractivity contribution >= 4 is 31.9 Å². The fraction of sp³-hybridized carbons (Fsp3) is 0.333. The Bertz CT molecular complexity index is 302. The maximum atomic E-state index is 13.3. The molecule has 0 aliphatic heterocycles. The molecule has 4 heteroatoms. The Labute approximate surface area is 93.5 Å². The lowest BCUT2D eigenvalue weighted by Crippen LogP contribution is -1.98.